The molecule has 46 heavy (non-hydrogen) atoms. The predicted molar refractivity (Wildman–Crippen MR) is 177 cm³/mol. The second kappa shape index (κ2) is 13.7. The first-order valence-electron chi connectivity index (χ1n) is 14.9. The zero-order chi connectivity index (χ0) is 32.8. The number of ether oxygens (including phenoxy) is 2. The number of para-hydroxylation sites is 4. The lowest BCUT2D eigenvalue weighted by Crippen LogP contribution is -2.60. The third kappa shape index (κ3) is 6.20. The Kier molecular flexibility index (Phi) is 9.48. The topological polar surface area (TPSA) is 108 Å². The number of carbonyl (C=O) groups excluding carboxylic acids is 4. The fraction of sp³-hybridized carbons (Fsp3) is 0.222. The highest BCUT2D eigenvalue weighted by Gasteiger charge is 2.56. The van der Waals surface area contributed by atoms with Crippen molar-refractivity contribution in [2.45, 2.75) is 31.9 Å². The monoisotopic (exact) mass is 620 g/mol. The van der Waals surface area contributed by atoms with Gasteiger partial charge in [0.25, 0.3) is 11.8 Å². The van der Waals surface area contributed by atoms with Crippen molar-refractivity contribution in [3.05, 3.63) is 109 Å². The Labute approximate surface area is 268 Å². The van der Waals surface area contributed by atoms with Crippen molar-refractivity contribution < 1.29 is 28.7 Å². The normalized spacial score (nSPS) is 16.1. The third-order valence-corrected chi connectivity index (χ3v) is 7.81. The van der Waals surface area contributed by atoms with Crippen LogP contribution in [0.2, 0.25) is 0 Å². The summed E-state index contributed by atoms with van der Waals surface area (Å²) in [6.45, 7) is 3.31. The quantitative estimate of drug-likeness (QED) is 0.233. The van der Waals surface area contributed by atoms with Crippen LogP contribution in [0.3, 0.4) is 0 Å². The first kappa shape index (κ1) is 31.9. The van der Waals surface area contributed by atoms with Crippen molar-refractivity contribution in [1.29, 1.82) is 0 Å². The SMILES string of the molecule is COc1ccc(N(C(=O)CN2C(=O)C(CC(=O)Nc3ccccc3)(OC)C(=O)N(c3ccccc3)c3ccccc32)C(C)C)cc1. The van der Waals surface area contributed by atoms with Crippen molar-refractivity contribution in [2.75, 3.05) is 40.8 Å². The molecule has 10 heteroatoms. The van der Waals surface area contributed by atoms with Crippen molar-refractivity contribution in [1.82, 2.24) is 0 Å². The molecule has 0 radical (unpaired) electrons. The van der Waals surface area contributed by atoms with Gasteiger partial charge in [-0.3, -0.25) is 29.0 Å². The zero-order valence-corrected chi connectivity index (χ0v) is 26.2. The van der Waals surface area contributed by atoms with Crippen molar-refractivity contribution >= 4 is 52.1 Å². The molecule has 1 N–H and O–H groups in total. The zero-order valence-electron chi connectivity index (χ0n) is 26.2. The van der Waals surface area contributed by atoms with Gasteiger partial charge >= 0.3 is 0 Å². The molecule has 1 unspecified atom stereocenters. The molecule has 4 amide bonds. The maximum absolute atomic E-state index is 14.8. The molecule has 0 bridgehead atoms. The van der Waals surface area contributed by atoms with E-state index < -0.39 is 42.2 Å². The van der Waals surface area contributed by atoms with Crippen LogP contribution >= 0.6 is 0 Å². The number of amides is 4. The van der Waals surface area contributed by atoms with Crippen LogP contribution in [0, 0.1) is 0 Å². The highest BCUT2D eigenvalue weighted by molar-refractivity contribution is 6.27. The Morgan fingerprint density at radius 3 is 1.96 bits per heavy atom. The lowest BCUT2D eigenvalue weighted by Gasteiger charge is -2.34. The summed E-state index contributed by atoms with van der Waals surface area (Å²) in [4.78, 5) is 61.3. The largest absolute Gasteiger partial charge is 0.497 e. The molecule has 4 aromatic carbocycles. The molecule has 1 aliphatic heterocycles. The van der Waals surface area contributed by atoms with Gasteiger partial charge in [-0.1, -0.05) is 48.5 Å². The van der Waals surface area contributed by atoms with Gasteiger partial charge in [0.15, 0.2) is 0 Å². The highest BCUT2D eigenvalue weighted by Crippen LogP contribution is 2.42. The number of methoxy groups -OCH3 is 2. The summed E-state index contributed by atoms with van der Waals surface area (Å²) in [5.41, 5.74) is -0.0563. The maximum atomic E-state index is 14.8. The molecule has 4 aromatic rings. The molecule has 0 spiro atoms. The van der Waals surface area contributed by atoms with Crippen molar-refractivity contribution in [2.24, 2.45) is 0 Å². The molecule has 1 aliphatic rings. The van der Waals surface area contributed by atoms with E-state index in [4.69, 9.17) is 9.47 Å². The summed E-state index contributed by atoms with van der Waals surface area (Å²) in [5, 5.41) is 2.76. The standard InChI is InChI=1S/C36H36N4O6/c1-25(2)39(28-19-21-29(45-3)22-20-28)33(42)24-38-30-17-11-12-18-31(30)40(27-15-9-6-10-16-27)35(44)36(46-4,34(38)43)23-32(41)37-26-13-7-5-8-14-26/h5-22,25H,23-24H2,1-4H3,(H,37,41). The summed E-state index contributed by atoms with van der Waals surface area (Å²) in [5.74, 6) is -1.96. The van der Waals surface area contributed by atoms with E-state index in [0.717, 1.165) is 0 Å². The number of carbonyl (C=O) groups is 4. The van der Waals surface area contributed by atoms with E-state index in [2.05, 4.69) is 5.32 Å². The predicted octanol–water partition coefficient (Wildman–Crippen LogP) is 5.56. The van der Waals surface area contributed by atoms with Crippen LogP contribution in [0.25, 0.3) is 0 Å². The molecule has 0 aliphatic carbocycles. The second-order valence-corrected chi connectivity index (χ2v) is 11.0. The minimum Gasteiger partial charge on any atom is -0.497 e. The van der Waals surface area contributed by atoms with Gasteiger partial charge in [0, 0.05) is 30.2 Å². The Morgan fingerprint density at radius 2 is 1.37 bits per heavy atom. The van der Waals surface area contributed by atoms with Crippen LogP contribution in [0.5, 0.6) is 5.75 Å². The summed E-state index contributed by atoms with van der Waals surface area (Å²) in [7, 11) is 2.79. The van der Waals surface area contributed by atoms with Crippen LogP contribution in [0.4, 0.5) is 28.4 Å². The van der Waals surface area contributed by atoms with Gasteiger partial charge in [0.05, 0.1) is 24.9 Å². The smallest absolute Gasteiger partial charge is 0.274 e. The number of fused-ring (bicyclic) bond motifs is 1. The molecule has 1 heterocycles. The third-order valence-electron chi connectivity index (χ3n) is 7.81. The van der Waals surface area contributed by atoms with Gasteiger partial charge in [-0.2, -0.15) is 0 Å². The van der Waals surface area contributed by atoms with Gasteiger partial charge < -0.3 is 19.7 Å². The molecule has 10 nitrogen and oxygen atoms in total. The van der Waals surface area contributed by atoms with Crippen LogP contribution in [-0.4, -0.2) is 56.0 Å². The van der Waals surface area contributed by atoms with Gasteiger partial charge in [0.1, 0.15) is 12.3 Å². The molecule has 1 atom stereocenters. The minimum atomic E-state index is -2.31. The van der Waals surface area contributed by atoms with E-state index in [1.807, 2.05) is 19.9 Å². The molecule has 0 aromatic heterocycles. The van der Waals surface area contributed by atoms with E-state index in [-0.39, 0.29) is 6.04 Å². The van der Waals surface area contributed by atoms with E-state index in [0.29, 0.717) is 34.2 Å². The van der Waals surface area contributed by atoms with Crippen molar-refractivity contribution in [3.63, 3.8) is 0 Å². The van der Waals surface area contributed by atoms with E-state index >= 15 is 0 Å². The van der Waals surface area contributed by atoms with E-state index in [1.165, 1.54) is 16.9 Å². The number of hydrogen-bond acceptors (Lipinski definition) is 6. The average Bonchev–Trinajstić information content (AvgIpc) is 3.13. The Bertz CT molecular complexity index is 1710. The van der Waals surface area contributed by atoms with E-state index in [1.54, 1.807) is 115 Å². The lowest BCUT2D eigenvalue weighted by atomic mass is 9.94. The molecule has 0 saturated carbocycles. The number of anilines is 5. The molecular weight excluding hydrogens is 584 g/mol. The average molecular weight is 621 g/mol. The fourth-order valence-corrected chi connectivity index (χ4v) is 5.62. The van der Waals surface area contributed by atoms with Crippen molar-refractivity contribution in [3.8, 4) is 5.75 Å². The molecule has 236 valence electrons. The lowest BCUT2D eigenvalue weighted by molar-refractivity contribution is -0.157. The summed E-state index contributed by atoms with van der Waals surface area (Å²) < 4.78 is 11.1. The van der Waals surface area contributed by atoms with E-state index in [9.17, 15) is 19.2 Å². The Morgan fingerprint density at radius 1 is 0.783 bits per heavy atom. The Balaban J connectivity index is 1.62. The minimum absolute atomic E-state index is 0.274. The maximum Gasteiger partial charge on any atom is 0.274 e. The molecular formula is C36H36N4O6. The van der Waals surface area contributed by atoms with Crippen LogP contribution in [-0.2, 0) is 23.9 Å². The molecule has 0 fully saturated rings. The highest BCUT2D eigenvalue weighted by atomic mass is 16.5. The van der Waals surface area contributed by atoms with Crippen LogP contribution in [0.1, 0.15) is 20.3 Å². The molecule has 5 rings (SSSR count). The summed E-state index contributed by atoms with van der Waals surface area (Å²) >= 11 is 0. The summed E-state index contributed by atoms with van der Waals surface area (Å²) in [6, 6.07) is 31.1. The number of benzene rings is 4. The first-order valence-corrected chi connectivity index (χ1v) is 14.9. The van der Waals surface area contributed by atoms with Crippen LogP contribution in [0.15, 0.2) is 109 Å². The number of hydrogen-bond donors (Lipinski definition) is 1. The fourth-order valence-electron chi connectivity index (χ4n) is 5.62. The number of nitrogens with one attached hydrogen (secondary N) is 1. The van der Waals surface area contributed by atoms with Gasteiger partial charge in [0.2, 0.25) is 17.4 Å². The van der Waals surface area contributed by atoms with Gasteiger partial charge in [-0.05, 0) is 74.5 Å². The second-order valence-electron chi connectivity index (χ2n) is 11.0. The number of rotatable bonds is 10. The number of nitrogens with zero attached hydrogens (tertiary/aromatic N) is 3. The Hall–Kier alpha value is -5.48. The summed E-state index contributed by atoms with van der Waals surface area (Å²) in [6.07, 6.45) is -0.634. The molecule has 0 saturated heterocycles. The first-order chi connectivity index (χ1) is 22.2. The van der Waals surface area contributed by atoms with Crippen LogP contribution < -0.4 is 24.8 Å². The van der Waals surface area contributed by atoms with Gasteiger partial charge in [-0.25, -0.2) is 0 Å². The van der Waals surface area contributed by atoms with Gasteiger partial charge in [-0.15, -0.1) is 0 Å².